The summed E-state index contributed by atoms with van der Waals surface area (Å²) in [7, 11) is 0. The minimum atomic E-state index is -0.900. The quantitative estimate of drug-likeness (QED) is 0.585. The van der Waals surface area contributed by atoms with Crippen LogP contribution in [0.25, 0.3) is 11.4 Å². The van der Waals surface area contributed by atoms with E-state index in [1.165, 1.54) is 30.3 Å². The molecule has 4 N–H and O–H groups in total. The fraction of sp³-hybridized carbons (Fsp3) is 0.190. The van der Waals surface area contributed by atoms with Crippen LogP contribution in [0.1, 0.15) is 10.5 Å². The van der Waals surface area contributed by atoms with E-state index in [-0.39, 0.29) is 30.4 Å². The molecule has 2 aromatic carbocycles. The fourth-order valence-corrected chi connectivity index (χ4v) is 3.12. The van der Waals surface area contributed by atoms with E-state index in [0.29, 0.717) is 22.9 Å². The Morgan fingerprint density at radius 2 is 1.57 bits per heavy atom. The Labute approximate surface area is 171 Å². The first-order valence-electron chi connectivity index (χ1n) is 9.23. The highest BCUT2D eigenvalue weighted by molar-refractivity contribution is 5.92. The van der Waals surface area contributed by atoms with Gasteiger partial charge in [-0.25, -0.2) is 14.4 Å². The number of aromatic nitrogens is 2. The number of aliphatic hydroxyl groups is 2. The lowest BCUT2D eigenvalue weighted by molar-refractivity contribution is 0.0572. The summed E-state index contributed by atoms with van der Waals surface area (Å²) in [6.07, 6.45) is -1.80. The summed E-state index contributed by atoms with van der Waals surface area (Å²) in [6.45, 7) is 0.362. The number of amides is 1. The highest BCUT2D eigenvalue weighted by atomic mass is 19.1. The molecule has 1 fully saturated rings. The molecule has 0 spiro atoms. The lowest BCUT2D eigenvalue weighted by Gasteiger charge is -2.17. The first kappa shape index (κ1) is 19.7. The number of rotatable bonds is 5. The Bertz CT molecular complexity index is 1050. The van der Waals surface area contributed by atoms with Crippen LogP contribution >= 0.6 is 0 Å². The van der Waals surface area contributed by atoms with E-state index in [0.717, 1.165) is 0 Å². The Kier molecular flexibility index (Phi) is 5.30. The smallest absolute Gasteiger partial charge is 0.267 e. The summed E-state index contributed by atoms with van der Waals surface area (Å²) < 4.78 is 18.7. The van der Waals surface area contributed by atoms with Gasteiger partial charge in [0.15, 0.2) is 5.82 Å². The second-order valence-electron chi connectivity index (χ2n) is 6.92. The maximum absolute atomic E-state index is 13.0. The molecule has 0 bridgehead atoms. The third-order valence-electron chi connectivity index (χ3n) is 4.71. The molecule has 1 unspecified atom stereocenters. The van der Waals surface area contributed by atoms with Gasteiger partial charge in [0.1, 0.15) is 28.8 Å². The molecule has 1 amide bonds. The maximum Gasteiger partial charge on any atom is 0.267 e. The number of hydrogen-bond donors (Lipinski definition) is 3. The number of nitrogens with two attached hydrogens (primary N) is 1. The number of ether oxygens (including phenoxy) is 1. The largest absolute Gasteiger partial charge is 0.457 e. The first-order chi connectivity index (χ1) is 14.4. The molecule has 30 heavy (non-hydrogen) atoms. The molecule has 154 valence electrons. The summed E-state index contributed by atoms with van der Waals surface area (Å²) in [5.74, 6) is 0.614. The average molecular weight is 410 g/mol. The van der Waals surface area contributed by atoms with Gasteiger partial charge in [0.05, 0.1) is 12.2 Å². The molecule has 0 radical (unpaired) electrons. The molecule has 9 heteroatoms. The Hall–Kier alpha value is -3.56. The lowest BCUT2D eigenvalue weighted by atomic mass is 10.2. The van der Waals surface area contributed by atoms with Gasteiger partial charge in [-0.1, -0.05) is 0 Å². The van der Waals surface area contributed by atoms with Crippen LogP contribution in [0, 0.1) is 5.82 Å². The number of anilines is 1. The van der Waals surface area contributed by atoms with Crippen molar-refractivity contribution in [2.45, 2.75) is 12.2 Å². The average Bonchev–Trinajstić information content (AvgIpc) is 3.08. The van der Waals surface area contributed by atoms with Crippen molar-refractivity contribution in [3.63, 3.8) is 0 Å². The Morgan fingerprint density at radius 1 is 1.00 bits per heavy atom. The molecular weight excluding hydrogens is 391 g/mol. The predicted octanol–water partition coefficient (Wildman–Crippen LogP) is 1.72. The standard InChI is InChI=1S/C21H19FN4O4/c22-13-3-7-15(8-4-13)30-14-5-1-12(2-6-14)21-24-16(20(23)29)9-19(25-21)26-10-17(27)18(28)11-26/h1-9,17-18,27-28H,10-11H2,(H2,23,29)/t17-,18?/m1/s1. The second-order valence-corrected chi connectivity index (χ2v) is 6.92. The zero-order valence-corrected chi connectivity index (χ0v) is 15.8. The molecule has 2 atom stereocenters. The monoisotopic (exact) mass is 410 g/mol. The summed E-state index contributed by atoms with van der Waals surface area (Å²) in [5, 5.41) is 19.6. The molecule has 1 aromatic heterocycles. The molecule has 0 saturated carbocycles. The molecule has 1 aliphatic heterocycles. The molecule has 2 heterocycles. The lowest BCUT2D eigenvalue weighted by Crippen LogP contribution is -2.24. The van der Waals surface area contributed by atoms with Gasteiger partial charge in [-0.05, 0) is 48.5 Å². The number of carbonyl (C=O) groups is 1. The fourth-order valence-electron chi connectivity index (χ4n) is 3.12. The highest BCUT2D eigenvalue weighted by Gasteiger charge is 2.31. The van der Waals surface area contributed by atoms with E-state index >= 15 is 0 Å². The minimum absolute atomic E-state index is 0.0255. The number of primary amides is 1. The van der Waals surface area contributed by atoms with Gasteiger partial charge in [0.25, 0.3) is 5.91 Å². The summed E-state index contributed by atoms with van der Waals surface area (Å²) >= 11 is 0. The van der Waals surface area contributed by atoms with E-state index in [1.807, 2.05) is 0 Å². The number of hydrogen-bond acceptors (Lipinski definition) is 7. The number of nitrogens with zero attached hydrogens (tertiary/aromatic N) is 3. The van der Waals surface area contributed by atoms with Crippen LogP contribution in [-0.2, 0) is 0 Å². The van der Waals surface area contributed by atoms with Crippen LogP contribution in [-0.4, -0.2) is 51.4 Å². The van der Waals surface area contributed by atoms with Crippen molar-refractivity contribution in [1.29, 1.82) is 0 Å². The van der Waals surface area contributed by atoms with Gasteiger partial charge in [-0.2, -0.15) is 0 Å². The number of β-amino-alcohol motifs (C(OH)–C–C–N with tert-alkyl or cyclic N) is 2. The van der Waals surface area contributed by atoms with E-state index in [4.69, 9.17) is 10.5 Å². The number of benzene rings is 2. The second kappa shape index (κ2) is 8.05. The van der Waals surface area contributed by atoms with Gasteiger partial charge in [-0.15, -0.1) is 0 Å². The molecule has 8 nitrogen and oxygen atoms in total. The van der Waals surface area contributed by atoms with Crippen molar-refractivity contribution in [1.82, 2.24) is 9.97 Å². The summed E-state index contributed by atoms with van der Waals surface area (Å²) in [4.78, 5) is 22.1. The van der Waals surface area contributed by atoms with Gasteiger partial charge in [0.2, 0.25) is 0 Å². The highest BCUT2D eigenvalue weighted by Crippen LogP contribution is 2.27. The number of aliphatic hydroxyl groups excluding tert-OH is 2. The Morgan fingerprint density at radius 3 is 2.13 bits per heavy atom. The molecule has 3 aromatic rings. The van der Waals surface area contributed by atoms with E-state index in [9.17, 15) is 19.4 Å². The van der Waals surface area contributed by atoms with E-state index < -0.39 is 18.1 Å². The third kappa shape index (κ3) is 4.22. The van der Waals surface area contributed by atoms with Crippen LogP contribution in [0.3, 0.4) is 0 Å². The minimum Gasteiger partial charge on any atom is -0.457 e. The summed E-state index contributed by atoms with van der Waals surface area (Å²) in [5.41, 5.74) is 6.05. The zero-order valence-electron chi connectivity index (χ0n) is 15.8. The van der Waals surface area contributed by atoms with Crippen molar-refractivity contribution in [2.75, 3.05) is 18.0 Å². The van der Waals surface area contributed by atoms with Gasteiger partial charge in [-0.3, -0.25) is 4.79 Å². The van der Waals surface area contributed by atoms with Crippen LogP contribution < -0.4 is 15.4 Å². The van der Waals surface area contributed by atoms with Crippen molar-refractivity contribution in [2.24, 2.45) is 5.73 Å². The first-order valence-corrected chi connectivity index (χ1v) is 9.23. The predicted molar refractivity (Wildman–Crippen MR) is 107 cm³/mol. The maximum atomic E-state index is 13.0. The molecule has 1 saturated heterocycles. The van der Waals surface area contributed by atoms with Crippen molar-refractivity contribution >= 4 is 11.7 Å². The van der Waals surface area contributed by atoms with Crippen molar-refractivity contribution in [3.05, 3.63) is 66.1 Å². The number of carbonyl (C=O) groups excluding carboxylic acids is 1. The van der Waals surface area contributed by atoms with Gasteiger partial charge < -0.3 is 25.6 Å². The topological polar surface area (TPSA) is 122 Å². The SMILES string of the molecule is NC(=O)c1cc(N2CC(O)[C@H](O)C2)nc(-c2ccc(Oc3ccc(F)cc3)cc2)n1. The molecular formula is C21H19FN4O4. The van der Waals surface area contributed by atoms with Crippen LogP contribution in [0.15, 0.2) is 54.6 Å². The molecule has 0 aliphatic carbocycles. The van der Waals surface area contributed by atoms with Crippen LogP contribution in [0.5, 0.6) is 11.5 Å². The van der Waals surface area contributed by atoms with Gasteiger partial charge in [0, 0.05) is 24.7 Å². The van der Waals surface area contributed by atoms with Crippen molar-refractivity contribution < 1.29 is 24.1 Å². The Balaban J connectivity index is 1.61. The van der Waals surface area contributed by atoms with Gasteiger partial charge >= 0.3 is 0 Å². The third-order valence-corrected chi connectivity index (χ3v) is 4.71. The van der Waals surface area contributed by atoms with E-state index in [2.05, 4.69) is 9.97 Å². The van der Waals surface area contributed by atoms with Crippen LogP contribution in [0.2, 0.25) is 0 Å². The van der Waals surface area contributed by atoms with E-state index in [1.54, 1.807) is 29.2 Å². The molecule has 1 aliphatic rings. The van der Waals surface area contributed by atoms with Crippen LogP contribution in [0.4, 0.5) is 10.2 Å². The number of halogens is 1. The summed E-state index contributed by atoms with van der Waals surface area (Å²) in [6, 6.07) is 13.9. The van der Waals surface area contributed by atoms with Crippen molar-refractivity contribution in [3.8, 4) is 22.9 Å². The zero-order chi connectivity index (χ0) is 21.3. The normalized spacial score (nSPS) is 18.4. The molecule has 4 rings (SSSR count).